The molecule has 2 heterocycles. The van der Waals surface area contributed by atoms with Gasteiger partial charge in [-0.15, -0.1) is 0 Å². The van der Waals surface area contributed by atoms with Crippen molar-refractivity contribution in [2.24, 2.45) is 0 Å². The SMILES string of the molecule is CN(Cc1cnccn1)c1cnn(-c2ccc([N+](=O)[O-])cc2)c(=O)c1Cl. The third-order valence-corrected chi connectivity index (χ3v) is 3.99. The van der Waals surface area contributed by atoms with Gasteiger partial charge in [-0.2, -0.15) is 9.78 Å². The summed E-state index contributed by atoms with van der Waals surface area (Å²) in [5.74, 6) is 0. The molecular formula is C16H13ClN6O3. The first kappa shape index (κ1) is 17.5. The Morgan fingerprint density at radius 1 is 1.23 bits per heavy atom. The Labute approximate surface area is 152 Å². The van der Waals surface area contributed by atoms with Gasteiger partial charge in [-0.1, -0.05) is 11.6 Å². The van der Waals surface area contributed by atoms with Crippen LogP contribution in [0.5, 0.6) is 0 Å². The highest BCUT2D eigenvalue weighted by Crippen LogP contribution is 2.22. The molecule has 0 aliphatic heterocycles. The number of benzene rings is 1. The number of hydrogen-bond donors (Lipinski definition) is 0. The lowest BCUT2D eigenvalue weighted by atomic mass is 10.3. The number of non-ortho nitro benzene ring substituents is 1. The molecule has 132 valence electrons. The topological polar surface area (TPSA) is 107 Å². The van der Waals surface area contributed by atoms with E-state index >= 15 is 0 Å². The second-order valence-corrected chi connectivity index (χ2v) is 5.77. The minimum atomic E-state index is -0.524. The predicted octanol–water partition coefficient (Wildman–Crippen LogP) is 2.22. The van der Waals surface area contributed by atoms with Gasteiger partial charge in [-0.25, -0.2) is 0 Å². The molecule has 0 fully saturated rings. The zero-order valence-electron chi connectivity index (χ0n) is 13.6. The van der Waals surface area contributed by atoms with Gasteiger partial charge in [0.15, 0.2) is 0 Å². The Bertz CT molecular complexity index is 991. The maximum atomic E-state index is 12.5. The molecule has 0 atom stereocenters. The second kappa shape index (κ2) is 7.28. The molecule has 0 N–H and O–H groups in total. The molecule has 0 bridgehead atoms. The van der Waals surface area contributed by atoms with Crippen LogP contribution in [0.4, 0.5) is 11.4 Å². The first-order valence-corrected chi connectivity index (χ1v) is 7.84. The van der Waals surface area contributed by atoms with Crippen molar-refractivity contribution in [3.05, 3.63) is 80.2 Å². The van der Waals surface area contributed by atoms with Crippen LogP contribution in [0.1, 0.15) is 5.69 Å². The van der Waals surface area contributed by atoms with E-state index in [1.165, 1.54) is 30.5 Å². The summed E-state index contributed by atoms with van der Waals surface area (Å²) in [7, 11) is 1.76. The molecule has 9 nitrogen and oxygen atoms in total. The zero-order valence-corrected chi connectivity index (χ0v) is 14.4. The molecule has 0 saturated carbocycles. The first-order chi connectivity index (χ1) is 12.5. The quantitative estimate of drug-likeness (QED) is 0.499. The van der Waals surface area contributed by atoms with Crippen LogP contribution in [0.2, 0.25) is 5.02 Å². The van der Waals surface area contributed by atoms with Crippen LogP contribution in [0, 0.1) is 10.1 Å². The molecule has 3 rings (SSSR count). The van der Waals surface area contributed by atoms with Gasteiger partial charge in [-0.05, 0) is 12.1 Å². The van der Waals surface area contributed by atoms with Crippen molar-refractivity contribution in [1.29, 1.82) is 0 Å². The van der Waals surface area contributed by atoms with Crippen LogP contribution >= 0.6 is 11.6 Å². The van der Waals surface area contributed by atoms with E-state index in [0.29, 0.717) is 23.6 Å². The van der Waals surface area contributed by atoms with E-state index in [0.717, 1.165) is 4.68 Å². The summed E-state index contributed by atoms with van der Waals surface area (Å²) in [5, 5.41) is 14.8. The van der Waals surface area contributed by atoms with Crippen molar-refractivity contribution in [2.75, 3.05) is 11.9 Å². The van der Waals surface area contributed by atoms with E-state index in [1.54, 1.807) is 30.5 Å². The summed E-state index contributed by atoms with van der Waals surface area (Å²) in [6.45, 7) is 0.399. The monoisotopic (exact) mass is 372 g/mol. The lowest BCUT2D eigenvalue weighted by molar-refractivity contribution is -0.384. The summed E-state index contributed by atoms with van der Waals surface area (Å²) >= 11 is 6.23. The van der Waals surface area contributed by atoms with Crippen molar-refractivity contribution < 1.29 is 4.92 Å². The third-order valence-electron chi connectivity index (χ3n) is 3.63. The molecular weight excluding hydrogens is 360 g/mol. The molecule has 0 spiro atoms. The summed E-state index contributed by atoms with van der Waals surface area (Å²) in [6.07, 6.45) is 6.23. The van der Waals surface area contributed by atoms with Gasteiger partial charge in [0, 0.05) is 31.6 Å². The van der Waals surface area contributed by atoms with Gasteiger partial charge in [-0.3, -0.25) is 24.9 Å². The fraction of sp³-hybridized carbons (Fsp3) is 0.125. The van der Waals surface area contributed by atoms with Crippen LogP contribution in [0.3, 0.4) is 0 Å². The predicted molar refractivity (Wildman–Crippen MR) is 95.6 cm³/mol. The van der Waals surface area contributed by atoms with Crippen LogP contribution in [0.25, 0.3) is 5.69 Å². The average molecular weight is 373 g/mol. The molecule has 0 aliphatic rings. The largest absolute Gasteiger partial charge is 0.366 e. The van der Waals surface area contributed by atoms with Crippen molar-refractivity contribution >= 4 is 23.0 Å². The number of nitro benzene ring substituents is 1. The van der Waals surface area contributed by atoms with Crippen LogP contribution < -0.4 is 10.5 Å². The van der Waals surface area contributed by atoms with Crippen LogP contribution in [-0.4, -0.2) is 31.7 Å². The Morgan fingerprint density at radius 2 is 1.96 bits per heavy atom. The minimum absolute atomic E-state index is 0.00950. The van der Waals surface area contributed by atoms with Crippen molar-refractivity contribution in [3.8, 4) is 5.69 Å². The van der Waals surface area contributed by atoms with Crippen LogP contribution in [-0.2, 0) is 6.54 Å². The number of hydrogen-bond acceptors (Lipinski definition) is 7. The fourth-order valence-corrected chi connectivity index (χ4v) is 2.60. The molecule has 0 saturated heterocycles. The lowest BCUT2D eigenvalue weighted by Crippen LogP contribution is -2.26. The lowest BCUT2D eigenvalue weighted by Gasteiger charge is -2.19. The number of anilines is 1. The fourth-order valence-electron chi connectivity index (χ4n) is 2.33. The van der Waals surface area contributed by atoms with Crippen molar-refractivity contribution in [3.63, 3.8) is 0 Å². The van der Waals surface area contributed by atoms with Gasteiger partial charge in [0.1, 0.15) is 5.02 Å². The average Bonchev–Trinajstić information content (AvgIpc) is 2.64. The van der Waals surface area contributed by atoms with E-state index in [9.17, 15) is 14.9 Å². The molecule has 2 aromatic heterocycles. The highest BCUT2D eigenvalue weighted by atomic mass is 35.5. The molecule has 1 aromatic carbocycles. The Hall–Kier alpha value is -3.33. The molecule has 3 aromatic rings. The van der Waals surface area contributed by atoms with E-state index < -0.39 is 10.5 Å². The first-order valence-electron chi connectivity index (χ1n) is 7.46. The summed E-state index contributed by atoms with van der Waals surface area (Å²) in [5.41, 5.74) is 0.939. The molecule has 0 amide bonds. The molecule has 0 aliphatic carbocycles. The number of aromatic nitrogens is 4. The zero-order chi connectivity index (χ0) is 18.7. The maximum absolute atomic E-state index is 12.5. The number of nitrogens with zero attached hydrogens (tertiary/aromatic N) is 6. The van der Waals surface area contributed by atoms with E-state index in [4.69, 9.17) is 11.6 Å². The van der Waals surface area contributed by atoms with Crippen LogP contribution in [0.15, 0.2) is 53.8 Å². The standard InChI is InChI=1S/C16H13ClN6O3/c1-21(10-11-8-18-6-7-19-11)14-9-20-22(16(24)15(14)17)12-2-4-13(5-3-12)23(25)26/h2-9H,10H2,1H3. The number of halogens is 1. The number of nitro groups is 1. The second-order valence-electron chi connectivity index (χ2n) is 5.39. The van der Waals surface area contributed by atoms with Gasteiger partial charge in [0.2, 0.25) is 0 Å². The highest BCUT2D eigenvalue weighted by molar-refractivity contribution is 6.33. The van der Waals surface area contributed by atoms with Gasteiger partial charge < -0.3 is 4.90 Å². The Kier molecular flexibility index (Phi) is 4.90. The van der Waals surface area contributed by atoms with E-state index in [-0.39, 0.29) is 10.7 Å². The summed E-state index contributed by atoms with van der Waals surface area (Å²) < 4.78 is 1.09. The molecule has 26 heavy (non-hydrogen) atoms. The Balaban J connectivity index is 1.91. The minimum Gasteiger partial charge on any atom is -0.366 e. The summed E-state index contributed by atoms with van der Waals surface area (Å²) in [6, 6.07) is 5.47. The summed E-state index contributed by atoms with van der Waals surface area (Å²) in [4.78, 5) is 32.7. The van der Waals surface area contributed by atoms with Gasteiger partial charge >= 0.3 is 0 Å². The number of rotatable bonds is 5. The van der Waals surface area contributed by atoms with E-state index in [2.05, 4.69) is 15.1 Å². The molecule has 10 heteroatoms. The van der Waals surface area contributed by atoms with Gasteiger partial charge in [0.05, 0.1) is 40.9 Å². The third kappa shape index (κ3) is 3.52. The highest BCUT2D eigenvalue weighted by Gasteiger charge is 2.15. The maximum Gasteiger partial charge on any atom is 0.292 e. The van der Waals surface area contributed by atoms with Crippen molar-refractivity contribution in [1.82, 2.24) is 19.7 Å². The van der Waals surface area contributed by atoms with E-state index in [1.807, 2.05) is 0 Å². The van der Waals surface area contributed by atoms with Crippen molar-refractivity contribution in [2.45, 2.75) is 6.54 Å². The normalized spacial score (nSPS) is 10.5. The molecule has 0 radical (unpaired) electrons. The smallest absolute Gasteiger partial charge is 0.292 e. The van der Waals surface area contributed by atoms with Gasteiger partial charge in [0.25, 0.3) is 11.2 Å². The molecule has 0 unspecified atom stereocenters. The Morgan fingerprint density at radius 3 is 2.58 bits per heavy atom.